The first-order valence-electron chi connectivity index (χ1n) is 12.5. The van der Waals surface area contributed by atoms with E-state index in [1.165, 1.54) is 12.5 Å². The summed E-state index contributed by atoms with van der Waals surface area (Å²) < 4.78 is 16.4. The molecule has 1 aromatic carbocycles. The number of carbonyl (C=O) groups is 2. The Hall–Kier alpha value is -2.54. The number of piperidine rings is 1. The lowest BCUT2D eigenvalue weighted by Gasteiger charge is -2.48. The minimum Gasteiger partial charge on any atom is -0.497 e. The van der Waals surface area contributed by atoms with E-state index >= 15 is 0 Å². The van der Waals surface area contributed by atoms with E-state index in [0.717, 1.165) is 61.1 Å². The quantitative estimate of drug-likeness (QED) is 0.582. The van der Waals surface area contributed by atoms with Gasteiger partial charge in [0.25, 0.3) is 0 Å². The molecule has 4 rings (SSSR count). The summed E-state index contributed by atoms with van der Waals surface area (Å²) in [5.41, 5.74) is 2.51. The van der Waals surface area contributed by atoms with Gasteiger partial charge in [0.1, 0.15) is 11.2 Å². The number of esters is 2. The molecule has 1 fully saturated rings. The third-order valence-corrected chi connectivity index (χ3v) is 7.86. The van der Waals surface area contributed by atoms with Crippen LogP contribution in [0.5, 0.6) is 5.75 Å². The number of aromatic nitrogens is 1. The van der Waals surface area contributed by atoms with Gasteiger partial charge in [0, 0.05) is 42.7 Å². The van der Waals surface area contributed by atoms with Crippen molar-refractivity contribution in [3.63, 3.8) is 0 Å². The second kappa shape index (κ2) is 9.98. The number of fused-ring (bicyclic) bond motifs is 6. The molecular weight excluding hydrogens is 432 g/mol. The fourth-order valence-electron chi connectivity index (χ4n) is 6.20. The monoisotopic (exact) mass is 470 g/mol. The second-order valence-corrected chi connectivity index (χ2v) is 10.0. The van der Waals surface area contributed by atoms with Crippen LogP contribution in [-0.4, -0.2) is 61.3 Å². The summed E-state index contributed by atoms with van der Waals surface area (Å²) in [4.78, 5) is 31.1. The average molecular weight is 471 g/mol. The molecule has 1 aromatic heterocycles. The Morgan fingerprint density at radius 3 is 2.79 bits per heavy atom. The smallest absolute Gasteiger partial charge is 0.319 e. The average Bonchev–Trinajstić information content (AvgIpc) is 3.14. The molecule has 7 heteroatoms. The Morgan fingerprint density at radius 1 is 1.29 bits per heavy atom. The van der Waals surface area contributed by atoms with Crippen LogP contribution in [0.4, 0.5) is 0 Å². The first-order valence-corrected chi connectivity index (χ1v) is 12.5. The van der Waals surface area contributed by atoms with E-state index in [4.69, 9.17) is 14.2 Å². The van der Waals surface area contributed by atoms with E-state index in [1.54, 1.807) is 7.11 Å². The van der Waals surface area contributed by atoms with Gasteiger partial charge < -0.3 is 19.2 Å². The molecule has 5 atom stereocenters. The molecular formula is C27H38N2O5. The van der Waals surface area contributed by atoms with Crippen molar-refractivity contribution in [3.8, 4) is 5.75 Å². The number of nitrogens with zero attached hydrogens (tertiary/aromatic N) is 1. The zero-order valence-electron chi connectivity index (χ0n) is 21.1. The highest BCUT2D eigenvalue weighted by atomic mass is 16.5. The number of benzene rings is 1. The maximum absolute atomic E-state index is 13.8. The highest BCUT2D eigenvalue weighted by Gasteiger charge is 2.56. The van der Waals surface area contributed by atoms with Gasteiger partial charge in [-0.25, -0.2) is 0 Å². The highest BCUT2D eigenvalue weighted by molar-refractivity contribution is 5.92. The Kier molecular flexibility index (Phi) is 7.22. The molecule has 0 aliphatic carbocycles. The molecule has 7 nitrogen and oxygen atoms in total. The number of rotatable bonds is 8. The van der Waals surface area contributed by atoms with Gasteiger partial charge >= 0.3 is 11.9 Å². The third-order valence-electron chi connectivity index (χ3n) is 7.86. The predicted molar refractivity (Wildman–Crippen MR) is 131 cm³/mol. The molecule has 4 unspecified atom stereocenters. The van der Waals surface area contributed by atoms with Crippen LogP contribution in [0.2, 0.25) is 0 Å². The minimum absolute atomic E-state index is 0.0374. The van der Waals surface area contributed by atoms with Crippen LogP contribution in [0.25, 0.3) is 10.9 Å². The molecule has 2 aliphatic heterocycles. The van der Waals surface area contributed by atoms with Crippen LogP contribution in [0.3, 0.4) is 0 Å². The Balaban J connectivity index is 1.72. The van der Waals surface area contributed by atoms with Gasteiger partial charge in [-0.2, -0.15) is 0 Å². The molecule has 1 N–H and O–H groups in total. The van der Waals surface area contributed by atoms with Crippen molar-refractivity contribution in [2.75, 3.05) is 33.4 Å². The number of hydrogen-bond acceptors (Lipinski definition) is 6. The summed E-state index contributed by atoms with van der Waals surface area (Å²) in [7, 11) is 1.68. The molecule has 2 aliphatic rings. The van der Waals surface area contributed by atoms with Crippen molar-refractivity contribution < 1.29 is 23.8 Å². The lowest BCUT2D eigenvalue weighted by molar-refractivity contribution is -0.157. The third kappa shape index (κ3) is 4.42. The molecule has 34 heavy (non-hydrogen) atoms. The van der Waals surface area contributed by atoms with Gasteiger partial charge in [-0.15, -0.1) is 0 Å². The lowest BCUT2D eigenvalue weighted by atomic mass is 9.66. The summed E-state index contributed by atoms with van der Waals surface area (Å²) in [6, 6.07) is 6.11. The molecule has 0 spiro atoms. The molecule has 2 bridgehead atoms. The van der Waals surface area contributed by atoms with Crippen molar-refractivity contribution in [1.82, 2.24) is 9.88 Å². The van der Waals surface area contributed by atoms with Crippen LogP contribution in [0.1, 0.15) is 58.2 Å². The summed E-state index contributed by atoms with van der Waals surface area (Å²) in [5.74, 6) is 1.19. The van der Waals surface area contributed by atoms with Gasteiger partial charge in [0.05, 0.1) is 20.3 Å². The van der Waals surface area contributed by atoms with Crippen molar-refractivity contribution in [1.29, 1.82) is 0 Å². The summed E-state index contributed by atoms with van der Waals surface area (Å²) >= 11 is 0. The standard InChI is InChI=1S/C27H38N2O5/c1-6-33-26(31)27-15-20(13-17(2)10-12-34-19(4)30)16-29(18(27)3)11-9-22-23-14-21(32-5)7-8-24(23)28-25(22)27/h7-8,14,17-18,20,28H,6,9-13,15-16H2,1-5H3/t17?,18?,20-,27?/m0/s1. The second-order valence-electron chi connectivity index (χ2n) is 10.0. The number of hydrogen-bond donors (Lipinski definition) is 1. The van der Waals surface area contributed by atoms with Crippen LogP contribution >= 0.6 is 0 Å². The number of methoxy groups -OCH3 is 1. The normalized spacial score (nSPS) is 26.9. The molecule has 0 radical (unpaired) electrons. The van der Waals surface area contributed by atoms with E-state index < -0.39 is 5.41 Å². The number of aromatic amines is 1. The van der Waals surface area contributed by atoms with Crippen LogP contribution < -0.4 is 4.74 Å². The van der Waals surface area contributed by atoms with Gasteiger partial charge in [-0.1, -0.05) is 6.92 Å². The number of ether oxygens (including phenoxy) is 3. The molecule has 186 valence electrons. The number of carbonyl (C=O) groups excluding carboxylic acids is 2. The first kappa shape index (κ1) is 24.6. The Morgan fingerprint density at radius 2 is 2.09 bits per heavy atom. The lowest BCUT2D eigenvalue weighted by Crippen LogP contribution is -2.60. The minimum atomic E-state index is -0.743. The van der Waals surface area contributed by atoms with E-state index in [0.29, 0.717) is 25.0 Å². The number of H-pyrrole nitrogens is 1. The van der Waals surface area contributed by atoms with Crippen molar-refractivity contribution in [2.45, 2.75) is 64.8 Å². The van der Waals surface area contributed by atoms with E-state index in [2.05, 4.69) is 29.8 Å². The fourth-order valence-corrected chi connectivity index (χ4v) is 6.20. The topological polar surface area (TPSA) is 80.9 Å². The van der Waals surface area contributed by atoms with Crippen molar-refractivity contribution in [2.24, 2.45) is 11.8 Å². The Bertz CT molecular complexity index is 1050. The first-order chi connectivity index (χ1) is 16.3. The Labute approximate surface area is 202 Å². The molecule has 0 saturated carbocycles. The fraction of sp³-hybridized carbons (Fsp3) is 0.630. The molecule has 2 aromatic rings. The largest absolute Gasteiger partial charge is 0.497 e. The summed E-state index contributed by atoms with van der Waals surface area (Å²) in [6.07, 6.45) is 3.44. The zero-order chi connectivity index (χ0) is 24.5. The van der Waals surface area contributed by atoms with E-state index in [1.807, 2.05) is 19.1 Å². The zero-order valence-corrected chi connectivity index (χ0v) is 21.1. The maximum atomic E-state index is 13.8. The van der Waals surface area contributed by atoms with Crippen molar-refractivity contribution in [3.05, 3.63) is 29.5 Å². The van der Waals surface area contributed by atoms with Gasteiger partial charge in [-0.05, 0) is 75.1 Å². The van der Waals surface area contributed by atoms with Crippen LogP contribution in [-0.2, 0) is 30.9 Å². The molecule has 0 amide bonds. The SMILES string of the molecule is CCOC(=O)C12C[C@H](CC(C)CCOC(C)=O)CN(CCc3c1[nH]c1ccc(OC)cc31)C2C. The summed E-state index contributed by atoms with van der Waals surface area (Å²) in [5, 5.41) is 1.13. The van der Waals surface area contributed by atoms with E-state index in [-0.39, 0.29) is 18.0 Å². The molecule has 1 saturated heterocycles. The summed E-state index contributed by atoms with van der Waals surface area (Å²) in [6.45, 7) is 10.4. The predicted octanol–water partition coefficient (Wildman–Crippen LogP) is 4.22. The van der Waals surface area contributed by atoms with Crippen molar-refractivity contribution >= 4 is 22.8 Å². The maximum Gasteiger partial charge on any atom is 0.319 e. The van der Waals surface area contributed by atoms with Crippen LogP contribution in [0, 0.1) is 11.8 Å². The van der Waals surface area contributed by atoms with E-state index in [9.17, 15) is 9.59 Å². The van der Waals surface area contributed by atoms with Gasteiger partial charge in [0.2, 0.25) is 0 Å². The number of nitrogens with one attached hydrogen (secondary N) is 1. The highest BCUT2D eigenvalue weighted by Crippen LogP contribution is 2.48. The van der Waals surface area contributed by atoms with Gasteiger partial charge in [-0.3, -0.25) is 14.5 Å². The van der Waals surface area contributed by atoms with Gasteiger partial charge in [0.15, 0.2) is 0 Å². The van der Waals surface area contributed by atoms with Crippen LogP contribution in [0.15, 0.2) is 18.2 Å². The molecule has 3 heterocycles.